The average Bonchev–Trinajstić information content (AvgIpc) is 3.45. The molecule has 1 amide bonds. The molecule has 3 aromatic heterocycles. The van der Waals surface area contributed by atoms with E-state index < -0.39 is 0 Å². The van der Waals surface area contributed by atoms with Crippen LogP contribution in [0.3, 0.4) is 0 Å². The van der Waals surface area contributed by atoms with Gasteiger partial charge in [0.1, 0.15) is 0 Å². The number of hydrogen-bond donors (Lipinski definition) is 1. The van der Waals surface area contributed by atoms with E-state index in [0.717, 1.165) is 16.8 Å². The van der Waals surface area contributed by atoms with Gasteiger partial charge in [-0.3, -0.25) is 19.1 Å². The van der Waals surface area contributed by atoms with Crippen molar-refractivity contribution in [3.8, 4) is 17.1 Å². The third-order valence-corrected chi connectivity index (χ3v) is 6.42. The SMILES string of the molecule is CCOC(=O)Cc1csc(NC(=O)CSc2nnc(-c3ccncc3)n2-c2ccccc2C)n1. The van der Waals surface area contributed by atoms with Crippen molar-refractivity contribution in [2.75, 3.05) is 17.7 Å². The van der Waals surface area contributed by atoms with Crippen LogP contribution in [0.4, 0.5) is 5.13 Å². The number of aryl methyl sites for hydroxylation is 1. The lowest BCUT2D eigenvalue weighted by atomic mass is 10.2. The topological polar surface area (TPSA) is 112 Å². The Morgan fingerprint density at radius 1 is 1.15 bits per heavy atom. The Morgan fingerprint density at radius 3 is 2.71 bits per heavy atom. The van der Waals surface area contributed by atoms with Gasteiger partial charge in [-0.2, -0.15) is 0 Å². The van der Waals surface area contributed by atoms with Gasteiger partial charge >= 0.3 is 5.97 Å². The number of para-hydroxylation sites is 1. The number of anilines is 1. The van der Waals surface area contributed by atoms with Crippen molar-refractivity contribution in [3.63, 3.8) is 0 Å². The van der Waals surface area contributed by atoms with E-state index in [1.54, 1.807) is 24.7 Å². The molecule has 0 fully saturated rings. The first kappa shape index (κ1) is 23.6. The fourth-order valence-corrected chi connectivity index (χ4v) is 4.65. The normalized spacial score (nSPS) is 10.8. The number of carbonyl (C=O) groups excluding carboxylic acids is 2. The minimum absolute atomic E-state index is 0.0757. The Labute approximate surface area is 204 Å². The highest BCUT2D eigenvalue weighted by molar-refractivity contribution is 7.99. The number of rotatable bonds is 9. The Bertz CT molecular complexity index is 1290. The minimum Gasteiger partial charge on any atom is -0.466 e. The van der Waals surface area contributed by atoms with Gasteiger partial charge in [0.15, 0.2) is 16.1 Å². The van der Waals surface area contributed by atoms with Crippen molar-refractivity contribution >= 4 is 40.1 Å². The summed E-state index contributed by atoms with van der Waals surface area (Å²) < 4.78 is 6.88. The lowest BCUT2D eigenvalue weighted by Gasteiger charge is -2.12. The summed E-state index contributed by atoms with van der Waals surface area (Å²) in [4.78, 5) is 32.6. The molecule has 9 nitrogen and oxygen atoms in total. The van der Waals surface area contributed by atoms with Crippen LogP contribution >= 0.6 is 23.1 Å². The second-order valence-corrected chi connectivity index (χ2v) is 8.93. The van der Waals surface area contributed by atoms with Gasteiger partial charge in [-0.05, 0) is 37.6 Å². The van der Waals surface area contributed by atoms with Crippen molar-refractivity contribution in [1.29, 1.82) is 0 Å². The van der Waals surface area contributed by atoms with E-state index in [1.807, 2.05) is 47.9 Å². The van der Waals surface area contributed by atoms with Crippen LogP contribution in [0.2, 0.25) is 0 Å². The molecular weight excluding hydrogens is 472 g/mol. The summed E-state index contributed by atoms with van der Waals surface area (Å²) in [5.41, 5.74) is 3.43. The molecule has 0 aliphatic heterocycles. The summed E-state index contributed by atoms with van der Waals surface area (Å²) in [6, 6.07) is 11.7. The van der Waals surface area contributed by atoms with Gasteiger partial charge in [0.05, 0.1) is 30.2 Å². The number of thioether (sulfide) groups is 1. The van der Waals surface area contributed by atoms with E-state index in [9.17, 15) is 9.59 Å². The third-order valence-electron chi connectivity index (χ3n) is 4.69. The molecule has 0 aliphatic carbocycles. The maximum atomic E-state index is 12.6. The monoisotopic (exact) mass is 494 g/mol. The molecule has 0 saturated carbocycles. The lowest BCUT2D eigenvalue weighted by Crippen LogP contribution is -2.15. The molecule has 174 valence electrons. The summed E-state index contributed by atoms with van der Waals surface area (Å²) in [6.07, 6.45) is 3.49. The first-order valence-corrected chi connectivity index (χ1v) is 12.4. The molecule has 0 radical (unpaired) electrons. The Kier molecular flexibility index (Phi) is 7.65. The Balaban J connectivity index is 1.49. The minimum atomic E-state index is -0.346. The fourth-order valence-electron chi connectivity index (χ4n) is 3.17. The number of benzene rings is 1. The summed E-state index contributed by atoms with van der Waals surface area (Å²) in [5, 5.41) is 14.3. The summed E-state index contributed by atoms with van der Waals surface area (Å²) >= 11 is 2.55. The number of nitrogens with zero attached hydrogens (tertiary/aromatic N) is 5. The molecule has 1 aromatic carbocycles. The van der Waals surface area contributed by atoms with Crippen molar-refractivity contribution in [1.82, 2.24) is 24.7 Å². The molecule has 0 bridgehead atoms. The van der Waals surface area contributed by atoms with Crippen LogP contribution in [0.15, 0.2) is 59.3 Å². The fraction of sp³-hybridized carbons (Fsp3) is 0.217. The van der Waals surface area contributed by atoms with Crippen molar-refractivity contribution in [3.05, 3.63) is 65.4 Å². The van der Waals surface area contributed by atoms with Crippen molar-refractivity contribution in [2.45, 2.75) is 25.4 Å². The second kappa shape index (κ2) is 11.0. The third kappa shape index (κ3) is 5.67. The Hall–Kier alpha value is -3.57. The largest absolute Gasteiger partial charge is 0.466 e. The number of carbonyl (C=O) groups is 2. The van der Waals surface area contributed by atoms with Crippen LogP contribution in [0.5, 0.6) is 0 Å². The van der Waals surface area contributed by atoms with E-state index in [-0.39, 0.29) is 24.1 Å². The van der Waals surface area contributed by atoms with Gasteiger partial charge in [-0.15, -0.1) is 21.5 Å². The van der Waals surface area contributed by atoms with Crippen LogP contribution in [-0.2, 0) is 20.7 Å². The highest BCUT2D eigenvalue weighted by Crippen LogP contribution is 2.29. The first-order chi connectivity index (χ1) is 16.5. The quantitative estimate of drug-likeness (QED) is 0.275. The predicted octanol–water partition coefficient (Wildman–Crippen LogP) is 3.93. The van der Waals surface area contributed by atoms with Crippen molar-refractivity contribution < 1.29 is 14.3 Å². The molecule has 0 atom stereocenters. The number of aromatic nitrogens is 5. The van der Waals surface area contributed by atoms with E-state index in [1.165, 1.54) is 23.1 Å². The van der Waals surface area contributed by atoms with E-state index in [4.69, 9.17) is 4.74 Å². The van der Waals surface area contributed by atoms with Gasteiger partial charge in [-0.1, -0.05) is 30.0 Å². The maximum Gasteiger partial charge on any atom is 0.311 e. The summed E-state index contributed by atoms with van der Waals surface area (Å²) in [5.74, 6) is 0.212. The number of ether oxygens (including phenoxy) is 1. The summed E-state index contributed by atoms with van der Waals surface area (Å²) in [6.45, 7) is 4.09. The second-order valence-electron chi connectivity index (χ2n) is 7.13. The highest BCUT2D eigenvalue weighted by Gasteiger charge is 2.19. The van der Waals surface area contributed by atoms with Crippen LogP contribution in [0, 0.1) is 6.92 Å². The standard InChI is InChI=1S/C23H22N6O3S2/c1-3-32-20(31)12-17-13-33-22(25-17)26-19(30)14-34-23-28-27-21(16-8-10-24-11-9-16)29(23)18-7-5-4-6-15(18)2/h4-11,13H,3,12,14H2,1-2H3,(H,25,26,30). The molecular formula is C23H22N6O3S2. The molecule has 3 heterocycles. The number of pyridine rings is 1. The molecule has 0 unspecified atom stereocenters. The molecule has 0 aliphatic rings. The van der Waals surface area contributed by atoms with Gasteiger partial charge in [-0.25, -0.2) is 4.98 Å². The molecule has 1 N–H and O–H groups in total. The van der Waals surface area contributed by atoms with E-state index in [2.05, 4.69) is 25.5 Å². The number of hydrogen-bond acceptors (Lipinski definition) is 9. The lowest BCUT2D eigenvalue weighted by molar-refractivity contribution is -0.142. The molecule has 4 aromatic rings. The number of amides is 1. The van der Waals surface area contributed by atoms with E-state index in [0.29, 0.717) is 28.4 Å². The van der Waals surface area contributed by atoms with E-state index >= 15 is 0 Å². The summed E-state index contributed by atoms with van der Waals surface area (Å²) in [7, 11) is 0. The van der Waals surface area contributed by atoms with Crippen LogP contribution in [0.25, 0.3) is 17.1 Å². The number of thiazole rings is 1. The number of esters is 1. The van der Waals surface area contributed by atoms with Crippen LogP contribution < -0.4 is 5.32 Å². The Morgan fingerprint density at radius 2 is 1.94 bits per heavy atom. The zero-order valence-corrected chi connectivity index (χ0v) is 20.2. The smallest absolute Gasteiger partial charge is 0.311 e. The predicted molar refractivity (Wildman–Crippen MR) is 131 cm³/mol. The van der Waals surface area contributed by atoms with Crippen LogP contribution in [0.1, 0.15) is 18.2 Å². The van der Waals surface area contributed by atoms with Crippen LogP contribution in [-0.4, -0.2) is 49.0 Å². The zero-order chi connectivity index (χ0) is 23.9. The molecule has 0 saturated heterocycles. The van der Waals surface area contributed by atoms with Gasteiger partial charge in [0, 0.05) is 23.3 Å². The van der Waals surface area contributed by atoms with Gasteiger partial charge < -0.3 is 10.1 Å². The molecule has 4 rings (SSSR count). The maximum absolute atomic E-state index is 12.6. The number of nitrogens with one attached hydrogen (secondary N) is 1. The van der Waals surface area contributed by atoms with Gasteiger partial charge in [0.25, 0.3) is 0 Å². The van der Waals surface area contributed by atoms with Crippen molar-refractivity contribution in [2.24, 2.45) is 0 Å². The zero-order valence-electron chi connectivity index (χ0n) is 18.6. The molecule has 0 spiro atoms. The molecule has 34 heavy (non-hydrogen) atoms. The molecule has 11 heteroatoms. The first-order valence-electron chi connectivity index (χ1n) is 10.5. The average molecular weight is 495 g/mol. The van der Waals surface area contributed by atoms with Gasteiger partial charge in [0.2, 0.25) is 5.91 Å². The highest BCUT2D eigenvalue weighted by atomic mass is 32.2.